The highest BCUT2D eigenvalue weighted by Gasteiger charge is 2.23. The van der Waals surface area contributed by atoms with Gasteiger partial charge in [0.1, 0.15) is 11.5 Å². The van der Waals surface area contributed by atoms with Crippen LogP contribution in [-0.4, -0.2) is 40.8 Å². The smallest absolute Gasteiger partial charge is 0.123 e. The molecule has 0 radical (unpaired) electrons. The second-order valence-corrected chi connectivity index (χ2v) is 5.69. The van der Waals surface area contributed by atoms with E-state index in [1.165, 1.54) is 19.0 Å². The molecule has 1 atom stereocenters. The second-order valence-electron chi connectivity index (χ2n) is 5.69. The van der Waals surface area contributed by atoms with Gasteiger partial charge in [0.2, 0.25) is 0 Å². The molecule has 106 valence electrons. The van der Waals surface area contributed by atoms with Gasteiger partial charge in [-0.15, -0.1) is 0 Å². The van der Waals surface area contributed by atoms with Crippen LogP contribution in [0.25, 0.3) is 0 Å². The second kappa shape index (κ2) is 6.26. The molecule has 0 bridgehead atoms. The standard InChI is InChI=1S/C15H24N2O2/c1-11(2)17-6-5-12(10-17)8-16-9-13-3-4-14(18)7-15(13)19/h3-4,7,11-12,16,18-19H,5-6,8-10H2,1-2H3. The molecule has 2 rings (SSSR count). The summed E-state index contributed by atoms with van der Waals surface area (Å²) in [5.41, 5.74) is 0.830. The summed E-state index contributed by atoms with van der Waals surface area (Å²) in [4.78, 5) is 2.50. The predicted molar refractivity (Wildman–Crippen MR) is 76.3 cm³/mol. The molecule has 4 heteroatoms. The number of benzene rings is 1. The van der Waals surface area contributed by atoms with E-state index in [1.807, 2.05) is 0 Å². The number of phenols is 2. The lowest BCUT2D eigenvalue weighted by molar-refractivity contribution is 0.264. The average Bonchev–Trinajstić information content (AvgIpc) is 2.81. The number of aromatic hydroxyl groups is 2. The van der Waals surface area contributed by atoms with E-state index < -0.39 is 0 Å². The van der Waals surface area contributed by atoms with Crippen LogP contribution in [0.1, 0.15) is 25.8 Å². The number of likely N-dealkylation sites (tertiary alicyclic amines) is 1. The fourth-order valence-electron chi connectivity index (χ4n) is 2.61. The Morgan fingerprint density at radius 1 is 1.37 bits per heavy atom. The molecular weight excluding hydrogens is 240 g/mol. The Bertz CT molecular complexity index is 421. The monoisotopic (exact) mass is 264 g/mol. The molecule has 4 nitrogen and oxygen atoms in total. The van der Waals surface area contributed by atoms with E-state index in [4.69, 9.17) is 0 Å². The lowest BCUT2D eigenvalue weighted by Gasteiger charge is -2.20. The van der Waals surface area contributed by atoms with Crippen LogP contribution in [0.5, 0.6) is 11.5 Å². The zero-order valence-electron chi connectivity index (χ0n) is 11.8. The number of nitrogens with zero attached hydrogens (tertiary/aromatic N) is 1. The highest BCUT2D eigenvalue weighted by Crippen LogP contribution is 2.22. The third kappa shape index (κ3) is 3.85. The quantitative estimate of drug-likeness (QED) is 0.760. The summed E-state index contributed by atoms with van der Waals surface area (Å²) in [6, 6.07) is 5.37. The highest BCUT2D eigenvalue weighted by atomic mass is 16.3. The SMILES string of the molecule is CC(C)N1CCC(CNCc2ccc(O)cc2O)C1. The van der Waals surface area contributed by atoms with Gasteiger partial charge in [-0.3, -0.25) is 0 Å². The molecule has 1 unspecified atom stereocenters. The van der Waals surface area contributed by atoms with Crippen molar-refractivity contribution in [1.29, 1.82) is 0 Å². The predicted octanol–water partition coefficient (Wildman–Crippen LogP) is 1.92. The molecule has 1 aliphatic heterocycles. The van der Waals surface area contributed by atoms with E-state index in [-0.39, 0.29) is 11.5 Å². The van der Waals surface area contributed by atoms with Crippen molar-refractivity contribution in [3.8, 4) is 11.5 Å². The van der Waals surface area contributed by atoms with Crippen LogP contribution in [0.2, 0.25) is 0 Å². The Labute approximate surface area is 115 Å². The number of hydrogen-bond donors (Lipinski definition) is 3. The molecule has 19 heavy (non-hydrogen) atoms. The normalized spacial score (nSPS) is 20.3. The van der Waals surface area contributed by atoms with Crippen molar-refractivity contribution in [2.75, 3.05) is 19.6 Å². The number of phenolic OH excluding ortho intramolecular Hbond substituents is 2. The maximum atomic E-state index is 9.69. The van der Waals surface area contributed by atoms with Crippen molar-refractivity contribution < 1.29 is 10.2 Å². The fourth-order valence-corrected chi connectivity index (χ4v) is 2.61. The molecule has 1 aromatic carbocycles. The van der Waals surface area contributed by atoms with E-state index in [2.05, 4.69) is 24.1 Å². The van der Waals surface area contributed by atoms with Crippen LogP contribution < -0.4 is 5.32 Å². The lowest BCUT2D eigenvalue weighted by atomic mass is 10.1. The summed E-state index contributed by atoms with van der Waals surface area (Å²) in [6.45, 7) is 8.45. The van der Waals surface area contributed by atoms with Crippen molar-refractivity contribution >= 4 is 0 Å². The van der Waals surface area contributed by atoms with Crippen molar-refractivity contribution in [1.82, 2.24) is 10.2 Å². The van der Waals surface area contributed by atoms with Gasteiger partial charge in [-0.25, -0.2) is 0 Å². The minimum Gasteiger partial charge on any atom is -0.508 e. The highest BCUT2D eigenvalue weighted by molar-refractivity contribution is 5.38. The summed E-state index contributed by atoms with van der Waals surface area (Å²) >= 11 is 0. The van der Waals surface area contributed by atoms with Crippen LogP contribution in [0, 0.1) is 5.92 Å². The molecule has 0 saturated carbocycles. The van der Waals surface area contributed by atoms with E-state index >= 15 is 0 Å². The summed E-state index contributed by atoms with van der Waals surface area (Å²) < 4.78 is 0. The zero-order valence-corrected chi connectivity index (χ0v) is 11.8. The maximum absolute atomic E-state index is 9.69. The molecule has 1 aliphatic rings. The Kier molecular flexibility index (Phi) is 4.66. The number of nitrogens with one attached hydrogen (secondary N) is 1. The molecule has 1 heterocycles. The van der Waals surface area contributed by atoms with Crippen LogP contribution in [-0.2, 0) is 6.54 Å². The van der Waals surface area contributed by atoms with Crippen molar-refractivity contribution in [2.45, 2.75) is 32.9 Å². The van der Waals surface area contributed by atoms with Gasteiger partial charge in [0.25, 0.3) is 0 Å². The van der Waals surface area contributed by atoms with Gasteiger partial charge in [0.05, 0.1) is 0 Å². The fraction of sp³-hybridized carbons (Fsp3) is 0.600. The molecule has 0 aliphatic carbocycles. The minimum atomic E-state index is 0.101. The molecule has 0 amide bonds. The first-order valence-corrected chi connectivity index (χ1v) is 7.02. The van der Waals surface area contributed by atoms with Crippen molar-refractivity contribution in [2.24, 2.45) is 5.92 Å². The van der Waals surface area contributed by atoms with Gasteiger partial charge in [-0.2, -0.15) is 0 Å². The van der Waals surface area contributed by atoms with E-state index in [0.717, 1.165) is 18.7 Å². The minimum absolute atomic E-state index is 0.101. The van der Waals surface area contributed by atoms with Gasteiger partial charge in [0, 0.05) is 30.8 Å². The van der Waals surface area contributed by atoms with Crippen LogP contribution >= 0.6 is 0 Å². The van der Waals surface area contributed by atoms with Gasteiger partial charge >= 0.3 is 0 Å². The van der Waals surface area contributed by atoms with Gasteiger partial charge in [-0.1, -0.05) is 6.07 Å². The molecular formula is C15H24N2O2. The summed E-state index contributed by atoms with van der Waals surface area (Å²) in [6.07, 6.45) is 1.24. The number of hydrogen-bond acceptors (Lipinski definition) is 4. The Morgan fingerprint density at radius 2 is 2.16 bits per heavy atom. The van der Waals surface area contributed by atoms with Gasteiger partial charge in [-0.05, 0) is 45.3 Å². The summed E-state index contributed by atoms with van der Waals surface area (Å²) in [7, 11) is 0. The average molecular weight is 264 g/mol. The topological polar surface area (TPSA) is 55.7 Å². The third-order valence-corrected chi connectivity index (χ3v) is 3.86. The Morgan fingerprint density at radius 3 is 2.79 bits per heavy atom. The Hall–Kier alpha value is -1.26. The molecule has 0 spiro atoms. The van der Waals surface area contributed by atoms with Gasteiger partial charge in [0.15, 0.2) is 0 Å². The van der Waals surface area contributed by atoms with E-state index in [1.54, 1.807) is 12.1 Å². The van der Waals surface area contributed by atoms with Crippen molar-refractivity contribution in [3.05, 3.63) is 23.8 Å². The summed E-state index contributed by atoms with van der Waals surface area (Å²) in [5, 5.41) is 22.3. The first kappa shape index (κ1) is 14.2. The summed E-state index contributed by atoms with van der Waals surface area (Å²) in [5.74, 6) is 0.953. The first-order chi connectivity index (χ1) is 9.06. The van der Waals surface area contributed by atoms with E-state index in [9.17, 15) is 10.2 Å². The first-order valence-electron chi connectivity index (χ1n) is 7.02. The largest absolute Gasteiger partial charge is 0.508 e. The Balaban J connectivity index is 1.75. The zero-order chi connectivity index (χ0) is 13.8. The van der Waals surface area contributed by atoms with Crippen LogP contribution in [0.15, 0.2) is 18.2 Å². The third-order valence-electron chi connectivity index (χ3n) is 3.86. The molecule has 1 aromatic rings. The lowest BCUT2D eigenvalue weighted by Crippen LogP contribution is -2.30. The van der Waals surface area contributed by atoms with E-state index in [0.29, 0.717) is 18.5 Å². The van der Waals surface area contributed by atoms with Crippen molar-refractivity contribution in [3.63, 3.8) is 0 Å². The molecule has 1 fully saturated rings. The van der Waals surface area contributed by atoms with Crippen LogP contribution in [0.3, 0.4) is 0 Å². The molecule has 1 saturated heterocycles. The maximum Gasteiger partial charge on any atom is 0.123 e. The molecule has 3 N–H and O–H groups in total. The number of rotatable bonds is 5. The van der Waals surface area contributed by atoms with Crippen LogP contribution in [0.4, 0.5) is 0 Å². The van der Waals surface area contributed by atoms with Gasteiger partial charge < -0.3 is 20.4 Å². The molecule has 0 aromatic heterocycles.